The van der Waals surface area contributed by atoms with Gasteiger partial charge in [0.15, 0.2) is 0 Å². The van der Waals surface area contributed by atoms with E-state index in [0.29, 0.717) is 0 Å². The van der Waals surface area contributed by atoms with Crippen LogP contribution in [-0.2, 0) is 52.7 Å². The fourth-order valence-electron chi connectivity index (χ4n) is 10.7. The van der Waals surface area contributed by atoms with Crippen LogP contribution in [-0.4, -0.2) is 227 Å². The number of hydrogen-bond acceptors (Lipinski definition) is 13. The lowest BCUT2D eigenvalue weighted by Crippen LogP contribution is -2.63. The first-order valence-electron chi connectivity index (χ1n) is 30.3. The number of nitriles is 1. The zero-order valence-electron chi connectivity index (χ0n) is 55.6. The van der Waals surface area contributed by atoms with E-state index >= 15 is 9.59 Å². The summed E-state index contributed by atoms with van der Waals surface area (Å²) in [6.07, 6.45) is -0.910. The maximum atomic E-state index is 15.1. The molecule has 0 spiro atoms. The number of carbonyl (C=O) groups excluding carboxylic acids is 11. The van der Waals surface area contributed by atoms with Crippen molar-refractivity contribution in [3.05, 3.63) is 0 Å². The highest BCUT2D eigenvalue weighted by Gasteiger charge is 2.46. The summed E-state index contributed by atoms with van der Waals surface area (Å²) in [5.41, 5.74) is 0. The number of amides is 11. The average Bonchev–Trinajstić information content (AvgIpc) is 2.61. The van der Waals surface area contributed by atoms with Crippen molar-refractivity contribution >= 4 is 65.0 Å². The fourth-order valence-corrected chi connectivity index (χ4v) is 10.7. The maximum Gasteiger partial charge on any atom is 0.246 e. The number of nitrogens with zero attached hydrogens (tertiary/aromatic N) is 8. The van der Waals surface area contributed by atoms with E-state index < -0.39 is 156 Å². The Morgan fingerprint density at radius 3 is 1.33 bits per heavy atom. The highest BCUT2D eigenvalue weighted by atomic mass is 16.3. The summed E-state index contributed by atoms with van der Waals surface area (Å²) in [5.74, 6) is -10.2. The molecule has 24 heteroatoms. The summed E-state index contributed by atoms with van der Waals surface area (Å²) < 4.78 is 0. The highest BCUT2D eigenvalue weighted by Crippen LogP contribution is 2.26. The van der Waals surface area contributed by atoms with Crippen molar-refractivity contribution in [2.24, 2.45) is 41.4 Å². The minimum absolute atomic E-state index is 0.00590. The molecular weight excluding hydrogens is 1090 g/mol. The number of carbonyl (C=O) groups is 11. The molecule has 24 nitrogen and oxygen atoms in total. The van der Waals surface area contributed by atoms with Crippen molar-refractivity contribution in [1.82, 2.24) is 55.6 Å². The summed E-state index contributed by atoms with van der Waals surface area (Å²) in [6, 6.07) is -10.5. The molecule has 1 heterocycles. The Labute approximate surface area is 507 Å². The minimum Gasteiger partial charge on any atom is -0.390 e. The van der Waals surface area contributed by atoms with Gasteiger partial charge in [-0.2, -0.15) is 5.26 Å². The zero-order chi connectivity index (χ0) is 66.0. The van der Waals surface area contributed by atoms with Crippen LogP contribution in [0.15, 0.2) is 0 Å². The lowest BCUT2D eigenvalue weighted by molar-refractivity contribution is -0.157. The molecule has 85 heavy (non-hydrogen) atoms. The Hall–Kier alpha value is -6.38. The number of nitrogens with one attached hydrogen (secondary N) is 4. The lowest BCUT2D eigenvalue weighted by atomic mass is 9.91. The Balaban J connectivity index is 4.32. The van der Waals surface area contributed by atoms with E-state index in [0.717, 1.165) is 9.80 Å². The summed E-state index contributed by atoms with van der Waals surface area (Å²) in [4.78, 5) is 168. The predicted octanol–water partition coefficient (Wildman–Crippen LogP) is 2.61. The normalized spacial score (nSPS) is 26.7. The number of rotatable bonds is 15. The number of hydrogen-bond donors (Lipinski definition) is 5. The van der Waals surface area contributed by atoms with Gasteiger partial charge in [-0.3, -0.25) is 52.7 Å². The van der Waals surface area contributed by atoms with Crippen molar-refractivity contribution in [2.75, 3.05) is 55.9 Å². The second-order valence-corrected chi connectivity index (χ2v) is 26.0. The van der Waals surface area contributed by atoms with Crippen LogP contribution >= 0.6 is 0 Å². The van der Waals surface area contributed by atoms with E-state index in [-0.39, 0.29) is 68.6 Å². The molecular formula is C61H108N12O12. The molecule has 1 aliphatic heterocycles. The first kappa shape index (κ1) is 76.6. The van der Waals surface area contributed by atoms with Crippen LogP contribution in [0.1, 0.15) is 156 Å². The third kappa shape index (κ3) is 21.5. The van der Waals surface area contributed by atoms with Crippen molar-refractivity contribution < 1.29 is 57.8 Å². The monoisotopic (exact) mass is 1200 g/mol. The predicted molar refractivity (Wildman–Crippen MR) is 324 cm³/mol. The molecule has 1 unspecified atom stereocenters. The average molecular weight is 1200 g/mol. The smallest absolute Gasteiger partial charge is 0.246 e. The molecule has 1 fully saturated rings. The molecule has 0 bridgehead atoms. The maximum absolute atomic E-state index is 15.1. The molecule has 11 amide bonds. The molecule has 12 atom stereocenters. The Morgan fingerprint density at radius 2 is 0.882 bits per heavy atom. The van der Waals surface area contributed by atoms with Crippen LogP contribution in [0.4, 0.5) is 0 Å². The van der Waals surface area contributed by atoms with Gasteiger partial charge in [-0.25, -0.2) is 0 Å². The molecule has 1 saturated heterocycles. The zero-order valence-corrected chi connectivity index (χ0v) is 55.6. The first-order chi connectivity index (χ1) is 39.2. The lowest BCUT2D eigenvalue weighted by Gasteiger charge is -2.41. The van der Waals surface area contributed by atoms with Crippen molar-refractivity contribution in [2.45, 2.75) is 222 Å². The van der Waals surface area contributed by atoms with Gasteiger partial charge in [0.25, 0.3) is 0 Å². The number of aliphatic hydroxyl groups excluding tert-OH is 1. The third-order valence-electron chi connectivity index (χ3n) is 16.0. The molecule has 5 N–H and O–H groups in total. The van der Waals surface area contributed by atoms with Crippen LogP contribution in [0, 0.1) is 52.8 Å². The molecule has 0 aromatic carbocycles. The summed E-state index contributed by atoms with van der Waals surface area (Å²) in [6.45, 7) is 27.2. The molecule has 0 aromatic heterocycles. The van der Waals surface area contributed by atoms with Crippen molar-refractivity contribution in [3.8, 4) is 6.07 Å². The standard InChI is InChI=1S/C61H108N12O12/c1-24-42-57(81)67(17)32-47(74)68(18)43(28-33(2)3)54(78)66-48(37(10)11)60(84)69(19)44(29-34(4)5)53(77)63-40(15)52(76)64-41(16)56(80)70(20)45(30-35(6)7)58(82)71(21)46(31-36(8)9)59(83)72(22)49(38(12)13)61(85)73(23)50(55(79)65-42)51(75)39(14)26-25-27-62/h33-46,48-51,75H,24-26,28-32H2,1-23H3,(H,63,77)(H,64,76)(H,65,79)(H,66,78)/t39-,40+,41-,42+,43+,44+,45+,46+,48+,49+,50?,51-/m1/s1. The number of likely N-dealkylation sites (N-methyl/N-ethyl adjacent to an activating group) is 7. The SMILES string of the molecule is CC[C@@H]1NC(=O)C([C@H](O)[C@H](C)CCC#N)N(C)C(=O)[C@H](C(C)C)N(C)C(=O)[C@H](CC(C)C)N(C)C(=O)[C@H](CC(C)C)N(C)C(=O)[C@@H](C)NC(=O)[C@H](C)NC(=O)[C@H](CC(C)C)N(C)C(=O)[C@H](C(C)C)NC(=O)[C@H](CC(C)C)N(C)C(=O)CN(C)C1=O. The van der Waals surface area contributed by atoms with Gasteiger partial charge < -0.3 is 60.7 Å². The van der Waals surface area contributed by atoms with E-state index in [9.17, 15) is 53.5 Å². The molecule has 0 saturated carbocycles. The van der Waals surface area contributed by atoms with Gasteiger partial charge in [0, 0.05) is 55.8 Å². The molecule has 0 radical (unpaired) electrons. The number of aliphatic hydroxyl groups is 1. The third-order valence-corrected chi connectivity index (χ3v) is 16.0. The Bertz CT molecular complexity index is 2360. The Kier molecular flexibility index (Phi) is 31.3. The second kappa shape index (κ2) is 34.7. The van der Waals surface area contributed by atoms with Gasteiger partial charge >= 0.3 is 0 Å². The van der Waals surface area contributed by atoms with Crippen LogP contribution in [0.25, 0.3) is 0 Å². The minimum atomic E-state index is -1.69. The summed E-state index contributed by atoms with van der Waals surface area (Å²) in [5, 5.41) is 32.4. The highest BCUT2D eigenvalue weighted by molar-refractivity contribution is 5.99. The van der Waals surface area contributed by atoms with E-state index in [1.54, 1.807) is 41.5 Å². The van der Waals surface area contributed by atoms with Gasteiger partial charge in [0.2, 0.25) is 65.0 Å². The molecule has 0 aromatic rings. The van der Waals surface area contributed by atoms with Crippen LogP contribution in [0.3, 0.4) is 0 Å². The first-order valence-corrected chi connectivity index (χ1v) is 30.3. The van der Waals surface area contributed by atoms with Crippen LogP contribution in [0.2, 0.25) is 0 Å². The van der Waals surface area contributed by atoms with E-state index in [1.807, 2.05) is 61.5 Å². The molecule has 1 rings (SSSR count). The quantitative estimate of drug-likeness (QED) is 0.158. The van der Waals surface area contributed by atoms with E-state index in [1.165, 1.54) is 87.7 Å². The van der Waals surface area contributed by atoms with Crippen molar-refractivity contribution in [1.29, 1.82) is 5.26 Å². The van der Waals surface area contributed by atoms with Crippen LogP contribution < -0.4 is 21.3 Å². The van der Waals surface area contributed by atoms with Gasteiger partial charge in [-0.1, -0.05) is 96.9 Å². The largest absolute Gasteiger partial charge is 0.390 e. The second-order valence-electron chi connectivity index (χ2n) is 26.0. The topological polar surface area (TPSA) is 303 Å². The molecule has 484 valence electrons. The van der Waals surface area contributed by atoms with Crippen LogP contribution in [0.5, 0.6) is 0 Å². The van der Waals surface area contributed by atoms with Gasteiger partial charge in [-0.05, 0) is 93.8 Å². The van der Waals surface area contributed by atoms with Gasteiger partial charge in [0.05, 0.1) is 18.7 Å². The van der Waals surface area contributed by atoms with Gasteiger partial charge in [-0.15, -0.1) is 0 Å². The van der Waals surface area contributed by atoms with Gasteiger partial charge in [0.1, 0.15) is 60.4 Å². The Morgan fingerprint density at radius 1 is 0.471 bits per heavy atom. The molecule has 0 aliphatic carbocycles. The van der Waals surface area contributed by atoms with E-state index in [4.69, 9.17) is 0 Å². The summed E-state index contributed by atoms with van der Waals surface area (Å²) in [7, 11) is 9.77. The fraction of sp³-hybridized carbons (Fsp3) is 0.803. The van der Waals surface area contributed by atoms with E-state index in [2.05, 4.69) is 21.3 Å². The summed E-state index contributed by atoms with van der Waals surface area (Å²) >= 11 is 0. The van der Waals surface area contributed by atoms with Crippen molar-refractivity contribution in [3.63, 3.8) is 0 Å². The molecule has 1 aliphatic rings.